The molecule has 348 valence electrons. The van der Waals surface area contributed by atoms with Crippen LogP contribution in [0, 0.1) is 56.3 Å². The largest absolute Gasteiger partial charge is 2.00 e. The van der Waals surface area contributed by atoms with Crippen molar-refractivity contribution in [2.75, 3.05) is 13.7 Å². The molecule has 3 aromatic rings. The van der Waals surface area contributed by atoms with Crippen molar-refractivity contribution in [1.82, 2.24) is 20.3 Å². The number of aliphatic hydroxyl groups is 1. The molecule has 2 N–H and O–H groups in total. The molecule has 0 spiro atoms. The zero-order chi connectivity index (χ0) is 46.4. The maximum atomic E-state index is 13.6. The fourth-order valence-electron chi connectivity index (χ4n) is 10.5. The molecule has 10 heteroatoms. The maximum absolute atomic E-state index is 13.6. The number of hydrogen-bond acceptors (Lipinski definition) is 6. The van der Waals surface area contributed by atoms with Crippen molar-refractivity contribution in [1.29, 1.82) is 0 Å². The van der Waals surface area contributed by atoms with E-state index < -0.39 is 17.9 Å². The molecule has 5 heterocycles. The number of allylic oxidation sites excluding steroid dienone is 2. The predicted molar refractivity (Wildman–Crippen MR) is 266 cm³/mol. The Balaban J connectivity index is 0.00000793. The molecule has 0 amide bonds. The van der Waals surface area contributed by atoms with Crippen molar-refractivity contribution in [3.63, 3.8) is 0 Å². The van der Waals surface area contributed by atoms with Crippen LogP contribution in [0.5, 0.6) is 0 Å². The third-order valence-corrected chi connectivity index (χ3v) is 14.6. The summed E-state index contributed by atoms with van der Waals surface area (Å²) in [5.41, 5.74) is 10.0. The van der Waals surface area contributed by atoms with Gasteiger partial charge in [0.1, 0.15) is 18.3 Å². The van der Waals surface area contributed by atoms with E-state index in [0.29, 0.717) is 28.3 Å². The fourth-order valence-corrected chi connectivity index (χ4v) is 10.5. The van der Waals surface area contributed by atoms with E-state index in [1.54, 1.807) is 0 Å². The minimum Gasteiger partial charge on any atom is -0.657 e. The Labute approximate surface area is 404 Å². The SMILES string of the molecule is C=Cc1c2[n-]c(c1C)/C=C1\NC(C3=c4[n-]c(c(C)c4=C(O)[C@@H]3C(=O)OC)/C=c3\[n-]/c(c(C)c3CC)=C\2)[C@@H](CCC(=O)OC/C=C(/C)CCC[C@H](C)CCC[C@H](C)CCCC(C)C)[C@@H]1C.[Mg+2]. The number of nitrogens with one attached hydrogen (secondary N) is 1. The molecule has 8 bridgehead atoms. The molecule has 3 aliphatic rings. The number of hydrogen-bond donors (Lipinski definition) is 2. The van der Waals surface area contributed by atoms with Gasteiger partial charge in [0.25, 0.3) is 0 Å². The first kappa shape index (κ1) is 51.8. The van der Waals surface area contributed by atoms with Crippen molar-refractivity contribution >= 4 is 70.6 Å². The fraction of sp³-hybridized carbons (Fsp3) is 0.564. The molecule has 65 heavy (non-hydrogen) atoms. The van der Waals surface area contributed by atoms with E-state index in [4.69, 9.17) is 24.4 Å². The molecule has 6 rings (SSSR count). The van der Waals surface area contributed by atoms with Gasteiger partial charge in [-0.1, -0.05) is 145 Å². The van der Waals surface area contributed by atoms with Gasteiger partial charge in [-0.2, -0.15) is 0 Å². The van der Waals surface area contributed by atoms with Gasteiger partial charge in [0.05, 0.1) is 13.2 Å². The van der Waals surface area contributed by atoms with Gasteiger partial charge in [0, 0.05) is 23.3 Å². The molecule has 0 radical (unpaired) electrons. The normalized spacial score (nSPS) is 21.7. The van der Waals surface area contributed by atoms with Gasteiger partial charge in [-0.3, -0.25) is 9.59 Å². The molecule has 1 aliphatic carbocycles. The molecule has 2 aliphatic heterocycles. The molecule has 9 nitrogen and oxygen atoms in total. The Morgan fingerprint density at radius 3 is 2.15 bits per heavy atom. The second-order valence-corrected chi connectivity index (χ2v) is 19.7. The molecule has 0 aromatic carbocycles. The summed E-state index contributed by atoms with van der Waals surface area (Å²) in [4.78, 5) is 42.5. The smallest absolute Gasteiger partial charge is 0.657 e. The van der Waals surface area contributed by atoms with Gasteiger partial charge in [-0.25, -0.2) is 0 Å². The number of aliphatic hydroxyl groups excluding tert-OH is 1. The van der Waals surface area contributed by atoms with Crippen LogP contribution in [0.2, 0.25) is 0 Å². The molecule has 1 saturated heterocycles. The number of esters is 2. The van der Waals surface area contributed by atoms with Gasteiger partial charge in [-0.05, 0) is 94.3 Å². The standard InChI is InChI=1S/C55H75N4O5.Mg/c1-13-39-35(8)42-28-44-37(10)41(24-25-48(60)64-27-26-34(7)23-17-22-33(6)21-16-20-32(5)19-15-18-31(3)4)52(58-44)50-51(55(62)63-12)54(61)49-38(11)45(59-53(49)50)30-47-40(14-2)36(9)43(57-47)29-46(39)56-42;/h13,26,28-33,37,41,51-52,58,61H,1,14-25,27H2,2-12H3;/q-3;+2/b34-26-,43-29-,44-28-,47-30-;/t32-,33-,37+,41+,51-,52?;/m1./s1. The van der Waals surface area contributed by atoms with Crippen LogP contribution in [0.4, 0.5) is 0 Å². The Kier molecular flexibility index (Phi) is 18.4. The van der Waals surface area contributed by atoms with Crippen molar-refractivity contribution in [2.24, 2.45) is 35.5 Å². The van der Waals surface area contributed by atoms with Crippen LogP contribution in [0.25, 0.3) is 35.6 Å². The Bertz CT molecular complexity index is 2510. The van der Waals surface area contributed by atoms with Crippen molar-refractivity contribution in [2.45, 2.75) is 152 Å². The van der Waals surface area contributed by atoms with Crippen molar-refractivity contribution in [3.05, 3.63) is 90.1 Å². The Hall–Kier alpha value is -4.15. The summed E-state index contributed by atoms with van der Waals surface area (Å²) in [6.07, 6.45) is 22.8. The third-order valence-electron chi connectivity index (χ3n) is 14.6. The summed E-state index contributed by atoms with van der Waals surface area (Å²) in [5.74, 6) is 0.198. The molecule has 3 aromatic heterocycles. The van der Waals surface area contributed by atoms with E-state index in [2.05, 4.69) is 80.3 Å². The third kappa shape index (κ3) is 11.7. The number of methoxy groups -OCH3 is 1. The van der Waals surface area contributed by atoms with E-state index in [0.717, 1.165) is 92.6 Å². The minimum absolute atomic E-state index is 0. The van der Waals surface area contributed by atoms with Gasteiger partial charge in [0.2, 0.25) is 0 Å². The topological polar surface area (TPSA) is 127 Å². The second-order valence-electron chi connectivity index (χ2n) is 19.7. The molecule has 1 unspecified atom stereocenters. The van der Waals surface area contributed by atoms with Gasteiger partial charge in [-0.15, -0.1) is 33.1 Å². The first-order chi connectivity index (χ1) is 30.6. The van der Waals surface area contributed by atoms with E-state index in [1.807, 2.05) is 31.2 Å². The summed E-state index contributed by atoms with van der Waals surface area (Å²) in [6, 6.07) is -0.448. The second kappa shape index (κ2) is 23.0. The first-order valence-corrected chi connectivity index (χ1v) is 24.2. The van der Waals surface area contributed by atoms with E-state index in [-0.39, 0.29) is 59.6 Å². The number of fused-ring (bicyclic) bond motifs is 8. The van der Waals surface area contributed by atoms with E-state index in [9.17, 15) is 14.7 Å². The quantitative estimate of drug-likeness (QED) is 0.0662. The summed E-state index contributed by atoms with van der Waals surface area (Å²) in [6.45, 7) is 26.3. The van der Waals surface area contributed by atoms with Crippen LogP contribution in [0.3, 0.4) is 0 Å². The summed E-state index contributed by atoms with van der Waals surface area (Å²) in [7, 11) is 1.34. The number of nitrogens with zero attached hydrogens (tertiary/aromatic N) is 3. The van der Waals surface area contributed by atoms with E-state index >= 15 is 0 Å². The number of carbonyl (C=O) groups is 2. The minimum atomic E-state index is -1.04. The number of rotatable bonds is 20. The number of ether oxygens (including phenoxy) is 2. The van der Waals surface area contributed by atoms with Crippen LogP contribution in [0.15, 0.2) is 23.9 Å². The molecule has 1 fully saturated rings. The summed E-state index contributed by atoms with van der Waals surface area (Å²) in [5, 5.41) is 18.5. The maximum Gasteiger partial charge on any atom is 2.00 e. The average Bonchev–Trinajstić information content (AvgIpc) is 3.99. The zero-order valence-corrected chi connectivity index (χ0v) is 42.9. The molecule has 6 atom stereocenters. The predicted octanol–water partition coefficient (Wildman–Crippen LogP) is 7.87. The van der Waals surface area contributed by atoms with Crippen LogP contribution >= 0.6 is 0 Å². The van der Waals surface area contributed by atoms with Crippen molar-refractivity contribution in [3.8, 4) is 0 Å². The van der Waals surface area contributed by atoms with Crippen molar-refractivity contribution < 1.29 is 24.2 Å². The average molecular weight is 897 g/mol. The van der Waals surface area contributed by atoms with Crippen LogP contribution in [0.1, 0.15) is 164 Å². The number of aromatic nitrogens is 3. The Morgan fingerprint density at radius 1 is 0.862 bits per heavy atom. The van der Waals surface area contributed by atoms with Crippen LogP contribution in [-0.2, 0) is 25.5 Å². The van der Waals surface area contributed by atoms with Gasteiger partial charge in [0.15, 0.2) is 0 Å². The molecular weight excluding hydrogens is 821 g/mol. The van der Waals surface area contributed by atoms with Crippen LogP contribution < -0.4 is 41.5 Å². The summed E-state index contributed by atoms with van der Waals surface area (Å²) >= 11 is 0. The van der Waals surface area contributed by atoms with E-state index in [1.165, 1.54) is 57.6 Å². The zero-order valence-electron chi connectivity index (χ0n) is 41.5. The molecule has 0 saturated carbocycles. The number of carbonyl (C=O) groups excluding carboxylic acids is 2. The molecular formula is C55H75MgN4O5-. The van der Waals surface area contributed by atoms with Crippen LogP contribution in [-0.4, -0.2) is 59.9 Å². The van der Waals surface area contributed by atoms with Gasteiger partial charge >= 0.3 is 35.0 Å². The van der Waals surface area contributed by atoms with Gasteiger partial charge < -0.3 is 34.8 Å². The Morgan fingerprint density at radius 2 is 1.51 bits per heavy atom. The first-order valence-electron chi connectivity index (χ1n) is 24.2. The monoisotopic (exact) mass is 896 g/mol. The summed E-state index contributed by atoms with van der Waals surface area (Å²) < 4.78 is 11.1.